The number of nitrogens with zero attached hydrogens (tertiary/aromatic N) is 1. The van der Waals surface area contributed by atoms with Crippen molar-refractivity contribution >= 4 is 11.6 Å². The highest BCUT2D eigenvalue weighted by molar-refractivity contribution is 6.29. The van der Waals surface area contributed by atoms with Gasteiger partial charge < -0.3 is 11.1 Å². The Labute approximate surface area is 101 Å². The van der Waals surface area contributed by atoms with Crippen LogP contribution in [0.3, 0.4) is 0 Å². The van der Waals surface area contributed by atoms with Crippen LogP contribution < -0.4 is 11.1 Å². The van der Waals surface area contributed by atoms with Crippen molar-refractivity contribution in [2.24, 2.45) is 11.7 Å². The van der Waals surface area contributed by atoms with E-state index in [0.29, 0.717) is 17.1 Å². The van der Waals surface area contributed by atoms with Crippen molar-refractivity contribution in [1.29, 1.82) is 0 Å². The lowest BCUT2D eigenvalue weighted by molar-refractivity contribution is 0.406. The lowest BCUT2D eigenvalue weighted by Crippen LogP contribution is -2.35. The Morgan fingerprint density at radius 2 is 2.31 bits per heavy atom. The first-order chi connectivity index (χ1) is 7.79. The van der Waals surface area contributed by atoms with Crippen LogP contribution in [0, 0.1) is 5.92 Å². The number of pyridine rings is 1. The maximum absolute atomic E-state index is 5.74. The second-order valence-corrected chi connectivity index (χ2v) is 4.79. The lowest BCUT2D eigenvalue weighted by Gasteiger charge is -2.19. The molecular weight excluding hydrogens is 222 g/mol. The van der Waals surface area contributed by atoms with E-state index in [2.05, 4.69) is 10.3 Å². The van der Waals surface area contributed by atoms with Crippen LogP contribution in [0.1, 0.15) is 24.8 Å². The summed E-state index contributed by atoms with van der Waals surface area (Å²) in [5.74, 6) is 0.639. The van der Waals surface area contributed by atoms with Gasteiger partial charge in [0.2, 0.25) is 0 Å². The molecule has 16 heavy (non-hydrogen) atoms. The predicted octanol–water partition coefficient (Wildman–Crippen LogP) is 1.95. The Kier molecular flexibility index (Phi) is 4.16. The Morgan fingerprint density at radius 3 is 3.00 bits per heavy atom. The van der Waals surface area contributed by atoms with Crippen molar-refractivity contribution in [2.75, 3.05) is 6.54 Å². The zero-order chi connectivity index (χ0) is 11.4. The summed E-state index contributed by atoms with van der Waals surface area (Å²) in [5.41, 5.74) is 6.92. The summed E-state index contributed by atoms with van der Waals surface area (Å²) in [7, 11) is 0. The average Bonchev–Trinajstić information content (AvgIpc) is 2.76. The van der Waals surface area contributed by atoms with Crippen molar-refractivity contribution in [1.82, 2.24) is 10.3 Å². The molecule has 0 aromatic carbocycles. The van der Waals surface area contributed by atoms with E-state index in [4.69, 9.17) is 17.3 Å². The number of rotatable bonds is 4. The van der Waals surface area contributed by atoms with Gasteiger partial charge in [-0.05, 0) is 36.9 Å². The molecule has 1 saturated carbocycles. The molecule has 0 radical (unpaired) electrons. The molecule has 4 heteroatoms. The molecule has 0 amide bonds. The van der Waals surface area contributed by atoms with E-state index in [9.17, 15) is 0 Å². The fourth-order valence-corrected chi connectivity index (χ4v) is 2.46. The van der Waals surface area contributed by atoms with Crippen LogP contribution in [0.4, 0.5) is 0 Å². The zero-order valence-corrected chi connectivity index (χ0v) is 10.1. The first-order valence-corrected chi connectivity index (χ1v) is 6.21. The topological polar surface area (TPSA) is 50.9 Å². The van der Waals surface area contributed by atoms with E-state index in [1.165, 1.54) is 24.8 Å². The molecule has 88 valence electrons. The fraction of sp³-hybridized carbons (Fsp3) is 0.583. The van der Waals surface area contributed by atoms with Crippen molar-refractivity contribution < 1.29 is 0 Å². The third kappa shape index (κ3) is 2.94. The lowest BCUT2D eigenvalue weighted by atomic mass is 10.0. The van der Waals surface area contributed by atoms with E-state index in [-0.39, 0.29) is 0 Å². The minimum absolute atomic E-state index is 0.546. The molecule has 0 aliphatic heterocycles. The van der Waals surface area contributed by atoms with Gasteiger partial charge >= 0.3 is 0 Å². The molecule has 0 spiro atoms. The summed E-state index contributed by atoms with van der Waals surface area (Å²) in [6, 6.07) is 4.41. The van der Waals surface area contributed by atoms with Gasteiger partial charge in [0, 0.05) is 18.8 Å². The maximum atomic E-state index is 5.74. The van der Waals surface area contributed by atoms with E-state index >= 15 is 0 Å². The molecule has 2 unspecified atom stereocenters. The molecule has 1 fully saturated rings. The number of hydrogen-bond donors (Lipinski definition) is 2. The van der Waals surface area contributed by atoms with Crippen LogP contribution in [0.25, 0.3) is 0 Å². The standard InChI is InChI=1S/C12H18ClN3/c13-12-5-4-9(8-16-12)7-15-11-3-1-2-10(11)6-14/h4-5,8,10-11,15H,1-3,6-7,14H2. The monoisotopic (exact) mass is 239 g/mol. The number of hydrogen-bond acceptors (Lipinski definition) is 3. The highest BCUT2D eigenvalue weighted by atomic mass is 35.5. The molecule has 0 saturated heterocycles. The van der Waals surface area contributed by atoms with E-state index in [1.54, 1.807) is 0 Å². The molecule has 1 aliphatic carbocycles. The van der Waals surface area contributed by atoms with Gasteiger partial charge in [0.15, 0.2) is 0 Å². The van der Waals surface area contributed by atoms with E-state index < -0.39 is 0 Å². The summed E-state index contributed by atoms with van der Waals surface area (Å²) >= 11 is 5.74. The highest BCUT2D eigenvalue weighted by Crippen LogP contribution is 2.24. The van der Waals surface area contributed by atoms with Crippen LogP contribution in [0.2, 0.25) is 5.15 Å². The van der Waals surface area contributed by atoms with Crippen LogP contribution in [-0.2, 0) is 6.54 Å². The Balaban J connectivity index is 1.85. The molecule has 2 atom stereocenters. The maximum Gasteiger partial charge on any atom is 0.129 e. The number of nitrogens with one attached hydrogen (secondary N) is 1. The van der Waals surface area contributed by atoms with E-state index in [0.717, 1.165) is 13.1 Å². The van der Waals surface area contributed by atoms with Crippen molar-refractivity contribution in [3.8, 4) is 0 Å². The first-order valence-electron chi connectivity index (χ1n) is 5.83. The predicted molar refractivity (Wildman–Crippen MR) is 66.3 cm³/mol. The SMILES string of the molecule is NCC1CCCC1NCc1ccc(Cl)nc1. The Hall–Kier alpha value is -0.640. The molecule has 1 aromatic heterocycles. The van der Waals surface area contributed by atoms with Crippen molar-refractivity contribution in [2.45, 2.75) is 31.8 Å². The molecule has 3 N–H and O–H groups in total. The molecule has 1 aliphatic rings. The van der Waals surface area contributed by atoms with Gasteiger partial charge in [-0.15, -0.1) is 0 Å². The molecule has 1 aromatic rings. The summed E-state index contributed by atoms with van der Waals surface area (Å²) in [6.45, 7) is 1.64. The van der Waals surface area contributed by atoms with Gasteiger partial charge in [0.05, 0.1) is 0 Å². The molecule has 0 bridgehead atoms. The summed E-state index contributed by atoms with van der Waals surface area (Å²) in [4.78, 5) is 4.06. The normalized spacial score (nSPS) is 24.9. The van der Waals surface area contributed by atoms with Crippen LogP contribution >= 0.6 is 11.6 Å². The van der Waals surface area contributed by atoms with Gasteiger partial charge in [-0.2, -0.15) is 0 Å². The summed E-state index contributed by atoms with van der Waals surface area (Å²) < 4.78 is 0. The fourth-order valence-electron chi connectivity index (χ4n) is 2.35. The second kappa shape index (κ2) is 5.62. The first kappa shape index (κ1) is 11.8. The minimum atomic E-state index is 0.546. The Bertz CT molecular complexity index is 326. The average molecular weight is 240 g/mol. The zero-order valence-electron chi connectivity index (χ0n) is 9.32. The number of halogens is 1. The van der Waals surface area contributed by atoms with Crippen LogP contribution in [0.15, 0.2) is 18.3 Å². The van der Waals surface area contributed by atoms with E-state index in [1.807, 2.05) is 18.3 Å². The molecule has 3 nitrogen and oxygen atoms in total. The Morgan fingerprint density at radius 1 is 1.44 bits per heavy atom. The van der Waals surface area contributed by atoms with Crippen molar-refractivity contribution in [3.63, 3.8) is 0 Å². The summed E-state index contributed by atoms with van der Waals surface area (Å²) in [6.07, 6.45) is 5.61. The third-order valence-corrected chi connectivity index (χ3v) is 3.54. The highest BCUT2D eigenvalue weighted by Gasteiger charge is 2.25. The molecule has 1 heterocycles. The smallest absolute Gasteiger partial charge is 0.129 e. The minimum Gasteiger partial charge on any atom is -0.330 e. The molecule has 2 rings (SSSR count). The largest absolute Gasteiger partial charge is 0.330 e. The van der Waals surface area contributed by atoms with Crippen LogP contribution in [-0.4, -0.2) is 17.6 Å². The van der Waals surface area contributed by atoms with Gasteiger partial charge in [0.25, 0.3) is 0 Å². The summed E-state index contributed by atoms with van der Waals surface area (Å²) in [5, 5.41) is 4.10. The van der Waals surface area contributed by atoms with Gasteiger partial charge in [-0.3, -0.25) is 0 Å². The quantitative estimate of drug-likeness (QED) is 0.790. The number of nitrogens with two attached hydrogens (primary N) is 1. The molecular formula is C12H18ClN3. The van der Waals surface area contributed by atoms with Crippen LogP contribution in [0.5, 0.6) is 0 Å². The second-order valence-electron chi connectivity index (χ2n) is 4.40. The number of aromatic nitrogens is 1. The van der Waals surface area contributed by atoms with Crippen molar-refractivity contribution in [3.05, 3.63) is 29.0 Å². The van der Waals surface area contributed by atoms with Gasteiger partial charge in [-0.1, -0.05) is 24.1 Å². The van der Waals surface area contributed by atoms with Gasteiger partial charge in [-0.25, -0.2) is 4.98 Å². The van der Waals surface area contributed by atoms with Gasteiger partial charge in [0.1, 0.15) is 5.15 Å². The third-order valence-electron chi connectivity index (χ3n) is 3.32.